The molecule has 180 valence electrons. The SMILES string of the molecule is COCCn1c(SCC(=O)N2CCN(C(c3ccccc3)c3ccccc3)CC2)nc(C)c1C. The number of carbonyl (C=O) groups excluding carboxylic acids is 1. The van der Waals surface area contributed by atoms with Crippen LogP contribution in [0.2, 0.25) is 0 Å². The van der Waals surface area contributed by atoms with Crippen LogP contribution in [0.5, 0.6) is 0 Å². The molecular formula is C27H34N4O2S. The maximum atomic E-state index is 13.0. The Morgan fingerprint density at radius 3 is 2.12 bits per heavy atom. The third-order valence-corrected chi connectivity index (χ3v) is 7.49. The predicted octanol–water partition coefficient (Wildman–Crippen LogP) is 4.17. The molecule has 0 spiro atoms. The molecule has 1 fully saturated rings. The number of aryl methyl sites for hydroxylation is 1. The Balaban J connectivity index is 1.38. The number of thioether (sulfide) groups is 1. The van der Waals surface area contributed by atoms with Crippen LogP contribution in [0.1, 0.15) is 28.6 Å². The maximum absolute atomic E-state index is 13.0. The van der Waals surface area contributed by atoms with Crippen LogP contribution in [0, 0.1) is 13.8 Å². The van der Waals surface area contributed by atoms with E-state index in [1.54, 1.807) is 7.11 Å². The summed E-state index contributed by atoms with van der Waals surface area (Å²) in [5.74, 6) is 0.584. The number of hydrogen-bond donors (Lipinski definition) is 0. The number of nitrogens with zero attached hydrogens (tertiary/aromatic N) is 4. The van der Waals surface area contributed by atoms with Crippen molar-refractivity contribution in [1.82, 2.24) is 19.4 Å². The van der Waals surface area contributed by atoms with Crippen LogP contribution in [0.4, 0.5) is 0 Å². The fraction of sp³-hybridized carbons (Fsp3) is 0.407. The molecule has 3 aromatic rings. The summed E-state index contributed by atoms with van der Waals surface area (Å²) < 4.78 is 7.39. The molecule has 2 aromatic carbocycles. The van der Waals surface area contributed by atoms with Gasteiger partial charge in [0.15, 0.2) is 5.16 Å². The van der Waals surface area contributed by atoms with Gasteiger partial charge in [-0.05, 0) is 25.0 Å². The Hall–Kier alpha value is -2.61. The monoisotopic (exact) mass is 478 g/mol. The second-order valence-electron chi connectivity index (χ2n) is 8.64. The van der Waals surface area contributed by atoms with E-state index in [0.29, 0.717) is 12.4 Å². The number of amides is 1. The van der Waals surface area contributed by atoms with Gasteiger partial charge in [0.25, 0.3) is 0 Å². The van der Waals surface area contributed by atoms with Crippen molar-refractivity contribution >= 4 is 17.7 Å². The molecule has 6 nitrogen and oxygen atoms in total. The second kappa shape index (κ2) is 11.7. The van der Waals surface area contributed by atoms with Gasteiger partial charge < -0.3 is 14.2 Å². The molecule has 1 aromatic heterocycles. The van der Waals surface area contributed by atoms with Gasteiger partial charge in [0.1, 0.15) is 0 Å². The zero-order chi connectivity index (χ0) is 23.9. The zero-order valence-corrected chi connectivity index (χ0v) is 21.1. The minimum absolute atomic E-state index is 0.178. The number of aromatic nitrogens is 2. The summed E-state index contributed by atoms with van der Waals surface area (Å²) in [5, 5.41) is 0.896. The van der Waals surface area contributed by atoms with Crippen LogP contribution in [0.15, 0.2) is 65.8 Å². The van der Waals surface area contributed by atoms with E-state index in [1.165, 1.54) is 22.9 Å². The summed E-state index contributed by atoms with van der Waals surface area (Å²) >= 11 is 1.53. The van der Waals surface area contributed by atoms with E-state index in [9.17, 15) is 4.79 Å². The first-order chi connectivity index (χ1) is 16.6. The number of hydrogen-bond acceptors (Lipinski definition) is 5. The smallest absolute Gasteiger partial charge is 0.233 e. The molecule has 0 unspecified atom stereocenters. The summed E-state index contributed by atoms with van der Waals surface area (Å²) in [6, 6.07) is 21.5. The highest BCUT2D eigenvalue weighted by atomic mass is 32.2. The summed E-state index contributed by atoms with van der Waals surface area (Å²) in [7, 11) is 1.70. The van der Waals surface area contributed by atoms with Crippen molar-refractivity contribution in [2.75, 3.05) is 45.6 Å². The van der Waals surface area contributed by atoms with Gasteiger partial charge in [-0.25, -0.2) is 4.98 Å². The lowest BCUT2D eigenvalue weighted by atomic mass is 9.96. The van der Waals surface area contributed by atoms with Gasteiger partial charge in [0.05, 0.1) is 24.1 Å². The number of benzene rings is 2. The van der Waals surface area contributed by atoms with Crippen molar-refractivity contribution in [2.24, 2.45) is 0 Å². The Labute approximate surface area is 206 Å². The van der Waals surface area contributed by atoms with Gasteiger partial charge in [-0.2, -0.15) is 0 Å². The van der Waals surface area contributed by atoms with Crippen LogP contribution in [-0.4, -0.2) is 70.9 Å². The van der Waals surface area contributed by atoms with Crippen LogP contribution in [0.25, 0.3) is 0 Å². The van der Waals surface area contributed by atoms with E-state index in [4.69, 9.17) is 4.74 Å². The summed E-state index contributed by atoms with van der Waals surface area (Å²) in [5.41, 5.74) is 4.72. The number of ether oxygens (including phenoxy) is 1. The molecule has 4 rings (SSSR count). The Kier molecular flexibility index (Phi) is 8.43. The van der Waals surface area contributed by atoms with Gasteiger partial charge in [-0.15, -0.1) is 0 Å². The average molecular weight is 479 g/mol. The van der Waals surface area contributed by atoms with Gasteiger partial charge in [-0.3, -0.25) is 9.69 Å². The third kappa shape index (κ3) is 5.71. The van der Waals surface area contributed by atoms with Crippen molar-refractivity contribution in [3.63, 3.8) is 0 Å². The van der Waals surface area contributed by atoms with Crippen LogP contribution in [-0.2, 0) is 16.1 Å². The Bertz CT molecular complexity index is 1020. The van der Waals surface area contributed by atoms with E-state index in [0.717, 1.165) is 49.3 Å². The fourth-order valence-electron chi connectivity index (χ4n) is 4.51. The highest BCUT2D eigenvalue weighted by Gasteiger charge is 2.28. The fourth-order valence-corrected chi connectivity index (χ4v) is 5.53. The minimum atomic E-state index is 0.178. The van der Waals surface area contributed by atoms with Crippen molar-refractivity contribution in [1.29, 1.82) is 0 Å². The number of carbonyl (C=O) groups is 1. The predicted molar refractivity (Wildman–Crippen MR) is 137 cm³/mol. The number of piperazine rings is 1. The molecule has 1 aliphatic rings. The summed E-state index contributed by atoms with van der Waals surface area (Å²) in [6.45, 7) is 8.65. The number of imidazole rings is 1. The van der Waals surface area contributed by atoms with Gasteiger partial charge >= 0.3 is 0 Å². The molecule has 0 atom stereocenters. The van der Waals surface area contributed by atoms with E-state index < -0.39 is 0 Å². The number of rotatable bonds is 9. The van der Waals surface area contributed by atoms with Crippen molar-refractivity contribution in [3.8, 4) is 0 Å². The minimum Gasteiger partial charge on any atom is -0.383 e. The standard InChI is InChI=1S/C27H34N4O2S/c1-21-22(2)31(18-19-33-3)27(28-21)34-20-25(32)29-14-16-30(17-15-29)26(23-10-6-4-7-11-23)24-12-8-5-9-13-24/h4-13,26H,14-20H2,1-3H3. The highest BCUT2D eigenvalue weighted by Crippen LogP contribution is 2.29. The molecule has 0 bridgehead atoms. The van der Waals surface area contributed by atoms with E-state index in [1.807, 2.05) is 11.8 Å². The van der Waals surface area contributed by atoms with Crippen LogP contribution >= 0.6 is 11.8 Å². The largest absolute Gasteiger partial charge is 0.383 e. The lowest BCUT2D eigenvalue weighted by Crippen LogP contribution is -2.50. The molecule has 0 saturated carbocycles. The average Bonchev–Trinajstić information content (AvgIpc) is 3.15. The molecule has 2 heterocycles. The topological polar surface area (TPSA) is 50.6 Å². The van der Waals surface area contributed by atoms with Crippen LogP contribution in [0.3, 0.4) is 0 Å². The summed E-state index contributed by atoms with van der Waals surface area (Å²) in [4.78, 5) is 22.2. The van der Waals surface area contributed by atoms with Gasteiger partial charge in [-0.1, -0.05) is 72.4 Å². The van der Waals surface area contributed by atoms with Crippen molar-refractivity contribution in [3.05, 3.63) is 83.2 Å². The van der Waals surface area contributed by atoms with Gasteiger partial charge in [0, 0.05) is 45.5 Å². The maximum Gasteiger partial charge on any atom is 0.233 e. The van der Waals surface area contributed by atoms with E-state index in [2.05, 4.69) is 82.0 Å². The van der Waals surface area contributed by atoms with Crippen molar-refractivity contribution < 1.29 is 9.53 Å². The molecule has 1 amide bonds. The second-order valence-corrected chi connectivity index (χ2v) is 9.58. The number of methoxy groups -OCH3 is 1. The molecular weight excluding hydrogens is 444 g/mol. The molecule has 0 N–H and O–H groups in total. The molecule has 0 aliphatic carbocycles. The van der Waals surface area contributed by atoms with Gasteiger partial charge in [0.2, 0.25) is 5.91 Å². The first-order valence-electron chi connectivity index (χ1n) is 11.9. The lowest BCUT2D eigenvalue weighted by Gasteiger charge is -2.39. The zero-order valence-electron chi connectivity index (χ0n) is 20.3. The van der Waals surface area contributed by atoms with Crippen molar-refractivity contribution in [2.45, 2.75) is 31.6 Å². The highest BCUT2D eigenvalue weighted by molar-refractivity contribution is 7.99. The first-order valence-corrected chi connectivity index (χ1v) is 12.8. The molecule has 7 heteroatoms. The lowest BCUT2D eigenvalue weighted by molar-refractivity contribution is -0.130. The molecule has 1 aliphatic heterocycles. The quantitative estimate of drug-likeness (QED) is 0.432. The Morgan fingerprint density at radius 1 is 0.971 bits per heavy atom. The molecule has 0 radical (unpaired) electrons. The summed E-state index contributed by atoms with van der Waals surface area (Å²) in [6.07, 6.45) is 0. The van der Waals surface area contributed by atoms with E-state index >= 15 is 0 Å². The Morgan fingerprint density at radius 2 is 1.56 bits per heavy atom. The molecule has 1 saturated heterocycles. The normalized spacial score (nSPS) is 14.6. The first kappa shape index (κ1) is 24.5. The van der Waals surface area contributed by atoms with Crippen LogP contribution < -0.4 is 0 Å². The third-order valence-electron chi connectivity index (χ3n) is 6.53. The van der Waals surface area contributed by atoms with E-state index in [-0.39, 0.29) is 11.9 Å². The molecule has 34 heavy (non-hydrogen) atoms.